The number of anilines is 1. The van der Waals surface area contributed by atoms with Gasteiger partial charge in [0.2, 0.25) is 0 Å². The van der Waals surface area contributed by atoms with E-state index in [1.165, 1.54) is 6.20 Å². The minimum Gasteiger partial charge on any atom is -0.365 e. The maximum atomic E-state index is 13.0. The van der Waals surface area contributed by atoms with Gasteiger partial charge >= 0.3 is 6.18 Å². The number of halogens is 4. The van der Waals surface area contributed by atoms with Crippen LogP contribution in [-0.2, 0) is 6.18 Å². The molecule has 20 heavy (non-hydrogen) atoms. The normalized spacial score (nSPS) is 24.2. The Labute approximate surface area is 124 Å². The topological polar surface area (TPSA) is 50.9 Å². The van der Waals surface area contributed by atoms with Crippen molar-refractivity contribution >= 4 is 21.7 Å². The van der Waals surface area contributed by atoms with Crippen molar-refractivity contribution in [2.75, 3.05) is 5.32 Å². The van der Waals surface area contributed by atoms with Crippen molar-refractivity contribution in [3.05, 3.63) is 22.3 Å². The molecular weight excluding hydrogens is 335 g/mol. The fourth-order valence-electron chi connectivity index (χ4n) is 2.46. The molecule has 0 radical (unpaired) electrons. The van der Waals surface area contributed by atoms with Crippen molar-refractivity contribution in [3.63, 3.8) is 0 Å². The zero-order valence-corrected chi connectivity index (χ0v) is 12.5. The number of pyridine rings is 1. The number of hydrogen-bond acceptors (Lipinski definition) is 3. The van der Waals surface area contributed by atoms with Gasteiger partial charge in [0.05, 0.1) is 5.56 Å². The van der Waals surface area contributed by atoms with E-state index < -0.39 is 11.7 Å². The number of nitrogens with zero attached hydrogens (tertiary/aromatic N) is 1. The summed E-state index contributed by atoms with van der Waals surface area (Å²) in [6.07, 6.45) is 1.60. The molecule has 1 saturated carbocycles. The summed E-state index contributed by atoms with van der Waals surface area (Å²) in [5, 5.41) is 2.90. The molecule has 0 amide bonds. The molecule has 1 heterocycles. The minimum absolute atomic E-state index is 0.135. The van der Waals surface area contributed by atoms with Gasteiger partial charge in [-0.3, -0.25) is 0 Å². The number of nitrogens with one attached hydrogen (secondary N) is 1. The van der Waals surface area contributed by atoms with Crippen LogP contribution in [0.5, 0.6) is 0 Å². The molecule has 0 saturated heterocycles. The molecule has 1 aromatic heterocycles. The summed E-state index contributed by atoms with van der Waals surface area (Å²) >= 11 is 3.02. The molecule has 1 aliphatic rings. The van der Waals surface area contributed by atoms with Gasteiger partial charge in [-0.1, -0.05) is 19.3 Å². The van der Waals surface area contributed by atoms with Crippen molar-refractivity contribution < 1.29 is 13.2 Å². The van der Waals surface area contributed by atoms with Gasteiger partial charge < -0.3 is 11.1 Å². The smallest absolute Gasteiger partial charge is 0.365 e. The van der Waals surface area contributed by atoms with Crippen LogP contribution in [-0.4, -0.2) is 17.1 Å². The Bertz CT molecular complexity index is 465. The summed E-state index contributed by atoms with van der Waals surface area (Å²) in [5.41, 5.74) is 5.27. The lowest BCUT2D eigenvalue weighted by Gasteiger charge is -2.25. The highest BCUT2D eigenvalue weighted by Crippen LogP contribution is 2.36. The van der Waals surface area contributed by atoms with Crippen molar-refractivity contribution in [1.29, 1.82) is 0 Å². The first-order valence-electron chi connectivity index (χ1n) is 6.63. The summed E-state index contributed by atoms with van der Waals surface area (Å²) in [4.78, 5) is 3.87. The highest BCUT2D eigenvalue weighted by atomic mass is 79.9. The second-order valence-electron chi connectivity index (χ2n) is 5.10. The maximum Gasteiger partial charge on any atom is 0.419 e. The van der Waals surface area contributed by atoms with Crippen LogP contribution in [0, 0.1) is 0 Å². The minimum atomic E-state index is -4.44. The van der Waals surface area contributed by atoms with Gasteiger partial charge in [-0.15, -0.1) is 0 Å². The molecule has 1 aliphatic carbocycles. The van der Waals surface area contributed by atoms with Gasteiger partial charge in [0.1, 0.15) is 5.82 Å². The van der Waals surface area contributed by atoms with Gasteiger partial charge in [0.15, 0.2) is 0 Å². The third-order valence-electron chi connectivity index (χ3n) is 3.55. The Balaban J connectivity index is 2.24. The van der Waals surface area contributed by atoms with E-state index >= 15 is 0 Å². The molecule has 2 unspecified atom stereocenters. The quantitative estimate of drug-likeness (QED) is 0.793. The summed E-state index contributed by atoms with van der Waals surface area (Å²) in [6, 6.07) is 0.744. The zero-order valence-electron chi connectivity index (χ0n) is 10.9. The molecule has 0 aliphatic heterocycles. The van der Waals surface area contributed by atoms with Crippen molar-refractivity contribution in [2.24, 2.45) is 5.73 Å². The van der Waals surface area contributed by atoms with Crippen LogP contribution in [0.4, 0.5) is 19.0 Å². The zero-order chi connectivity index (χ0) is 14.8. The lowest BCUT2D eigenvalue weighted by molar-refractivity contribution is -0.137. The molecule has 1 fully saturated rings. The van der Waals surface area contributed by atoms with Crippen LogP contribution in [0.15, 0.2) is 16.7 Å². The fourth-order valence-corrected chi connectivity index (χ4v) is 2.79. The lowest BCUT2D eigenvalue weighted by atomic mass is 10.0. The van der Waals surface area contributed by atoms with Crippen LogP contribution in [0.3, 0.4) is 0 Å². The summed E-state index contributed by atoms with van der Waals surface area (Å²) in [5.74, 6) is -0.136. The second-order valence-corrected chi connectivity index (χ2v) is 6.02. The average Bonchev–Trinajstić information content (AvgIpc) is 2.56. The molecule has 0 bridgehead atoms. The fraction of sp³-hybridized carbons (Fsp3) is 0.615. The highest BCUT2D eigenvalue weighted by Gasteiger charge is 2.35. The number of rotatable bonds is 2. The van der Waals surface area contributed by atoms with Crippen LogP contribution in [0.25, 0.3) is 0 Å². The van der Waals surface area contributed by atoms with Crippen LogP contribution in [0.1, 0.15) is 37.7 Å². The van der Waals surface area contributed by atoms with E-state index in [1.54, 1.807) is 0 Å². The van der Waals surface area contributed by atoms with E-state index in [2.05, 4.69) is 26.2 Å². The number of alkyl halides is 3. The van der Waals surface area contributed by atoms with E-state index in [9.17, 15) is 13.2 Å². The maximum absolute atomic E-state index is 13.0. The van der Waals surface area contributed by atoms with E-state index in [-0.39, 0.29) is 17.9 Å². The monoisotopic (exact) mass is 351 g/mol. The third-order valence-corrected chi connectivity index (χ3v) is 3.98. The highest BCUT2D eigenvalue weighted by molar-refractivity contribution is 9.10. The molecule has 7 heteroatoms. The Kier molecular flexibility index (Phi) is 4.90. The number of nitrogens with two attached hydrogens (primary N) is 1. The molecule has 112 valence electrons. The molecule has 0 aromatic carbocycles. The van der Waals surface area contributed by atoms with Gasteiger partial charge in [0.25, 0.3) is 0 Å². The average molecular weight is 352 g/mol. The molecule has 2 rings (SSSR count). The molecule has 3 nitrogen and oxygen atoms in total. The Hall–Kier alpha value is -0.820. The number of hydrogen-bond donors (Lipinski definition) is 2. The standard InChI is InChI=1S/C13H17BrF3N3/c14-8-6-9(13(15,16)17)12(19-7-8)20-11-5-3-1-2-4-10(11)18/h6-7,10-11H,1-5,18H2,(H,19,20). The van der Waals surface area contributed by atoms with Gasteiger partial charge in [-0.2, -0.15) is 13.2 Å². The Morgan fingerprint density at radius 3 is 2.65 bits per heavy atom. The molecule has 3 N–H and O–H groups in total. The summed E-state index contributed by atoms with van der Waals surface area (Å²) in [7, 11) is 0. The van der Waals surface area contributed by atoms with Gasteiger partial charge in [-0.25, -0.2) is 4.98 Å². The lowest BCUT2D eigenvalue weighted by Crippen LogP contribution is -2.40. The van der Waals surface area contributed by atoms with Crippen LogP contribution in [0.2, 0.25) is 0 Å². The van der Waals surface area contributed by atoms with Crippen LogP contribution >= 0.6 is 15.9 Å². The van der Waals surface area contributed by atoms with Crippen LogP contribution < -0.4 is 11.1 Å². The summed E-state index contributed by atoms with van der Waals surface area (Å²) in [6.45, 7) is 0. The first-order valence-corrected chi connectivity index (χ1v) is 7.42. The predicted octanol–water partition coefficient (Wildman–Crippen LogP) is 3.93. The Morgan fingerprint density at radius 2 is 1.95 bits per heavy atom. The van der Waals surface area contributed by atoms with E-state index in [1.807, 2.05) is 0 Å². The molecular formula is C13H17BrF3N3. The third kappa shape index (κ3) is 3.85. The van der Waals surface area contributed by atoms with Gasteiger partial charge in [0, 0.05) is 22.8 Å². The first kappa shape index (κ1) is 15.6. The molecule has 0 spiro atoms. The predicted molar refractivity (Wildman–Crippen MR) is 75.4 cm³/mol. The SMILES string of the molecule is NC1CCCCCC1Nc1ncc(Br)cc1C(F)(F)F. The van der Waals surface area contributed by atoms with Crippen molar-refractivity contribution in [3.8, 4) is 0 Å². The van der Waals surface area contributed by atoms with E-state index in [4.69, 9.17) is 5.73 Å². The largest absolute Gasteiger partial charge is 0.419 e. The number of aromatic nitrogens is 1. The van der Waals surface area contributed by atoms with Gasteiger partial charge in [-0.05, 0) is 34.8 Å². The Morgan fingerprint density at radius 1 is 1.25 bits per heavy atom. The van der Waals surface area contributed by atoms with Crippen molar-refractivity contribution in [1.82, 2.24) is 4.98 Å². The van der Waals surface area contributed by atoms with E-state index in [0.717, 1.165) is 38.2 Å². The second kappa shape index (κ2) is 6.30. The van der Waals surface area contributed by atoms with Crippen molar-refractivity contribution in [2.45, 2.75) is 50.4 Å². The molecule has 2 atom stereocenters. The molecule has 1 aromatic rings. The van der Waals surface area contributed by atoms with E-state index in [0.29, 0.717) is 4.47 Å². The first-order chi connectivity index (χ1) is 9.38. The summed E-state index contributed by atoms with van der Waals surface area (Å²) < 4.78 is 39.4.